The van der Waals surface area contributed by atoms with E-state index in [0.29, 0.717) is 11.6 Å². The van der Waals surface area contributed by atoms with Crippen LogP contribution in [0.4, 0.5) is 14.5 Å². The predicted molar refractivity (Wildman–Crippen MR) is 122 cm³/mol. The molecule has 2 N–H and O–H groups in total. The second kappa shape index (κ2) is 9.00. The number of anilines is 1. The molecule has 1 heterocycles. The highest BCUT2D eigenvalue weighted by atomic mass is 35.5. The van der Waals surface area contributed by atoms with Gasteiger partial charge in [0.05, 0.1) is 29.0 Å². The first-order chi connectivity index (χ1) is 15.7. The lowest BCUT2D eigenvalue weighted by Gasteiger charge is -2.18. The quantitative estimate of drug-likeness (QED) is 0.385. The van der Waals surface area contributed by atoms with Gasteiger partial charge in [-0.2, -0.15) is 8.75 Å². The summed E-state index contributed by atoms with van der Waals surface area (Å²) < 4.78 is 63.9. The van der Waals surface area contributed by atoms with Crippen LogP contribution in [-0.2, 0) is 10.0 Å². The zero-order valence-corrected chi connectivity index (χ0v) is 19.2. The third-order valence-corrected chi connectivity index (χ3v) is 6.96. The number of halogens is 3. The van der Waals surface area contributed by atoms with Crippen LogP contribution in [0.15, 0.2) is 59.5 Å². The molecular formula is C21H15ClF2N4O3S2. The first-order valence-corrected chi connectivity index (χ1v) is 12.0. The fraction of sp³-hybridized carbons (Fsp3) is 0.0952. The van der Waals surface area contributed by atoms with Gasteiger partial charge in [0.2, 0.25) is 0 Å². The fourth-order valence-electron chi connectivity index (χ4n) is 3.20. The molecule has 1 atom stereocenters. The minimum Gasteiger partial charge on any atom is -0.345 e. The van der Waals surface area contributed by atoms with Gasteiger partial charge in [0.1, 0.15) is 27.6 Å². The van der Waals surface area contributed by atoms with Crippen molar-refractivity contribution in [2.45, 2.75) is 17.9 Å². The average molecular weight is 509 g/mol. The zero-order valence-electron chi connectivity index (χ0n) is 16.8. The van der Waals surface area contributed by atoms with Crippen molar-refractivity contribution in [1.29, 1.82) is 0 Å². The molecule has 12 heteroatoms. The summed E-state index contributed by atoms with van der Waals surface area (Å²) in [5, 5.41) is 2.77. The number of carbonyl (C=O) groups is 1. The molecule has 0 saturated carbocycles. The molecule has 1 aromatic heterocycles. The van der Waals surface area contributed by atoms with Crippen molar-refractivity contribution in [3.63, 3.8) is 0 Å². The number of hydrogen-bond donors (Lipinski definition) is 2. The zero-order chi connectivity index (χ0) is 23.8. The van der Waals surface area contributed by atoms with Crippen molar-refractivity contribution in [1.82, 2.24) is 14.1 Å². The highest BCUT2D eigenvalue weighted by Crippen LogP contribution is 2.28. The minimum absolute atomic E-state index is 0.0381. The molecule has 4 rings (SSSR count). The van der Waals surface area contributed by atoms with E-state index in [-0.39, 0.29) is 32.2 Å². The SMILES string of the molecule is CC(NC(=O)c1cc(Cl)ccc1NS(=O)(=O)c1cccc2nsnc12)c1ccc(F)cc1F. The molecule has 7 nitrogen and oxygen atoms in total. The molecule has 0 spiro atoms. The number of nitrogens with one attached hydrogen (secondary N) is 2. The van der Waals surface area contributed by atoms with E-state index in [1.165, 1.54) is 43.3 Å². The number of amides is 1. The van der Waals surface area contributed by atoms with Crippen LogP contribution in [0.3, 0.4) is 0 Å². The van der Waals surface area contributed by atoms with Crippen LogP contribution >= 0.6 is 23.3 Å². The van der Waals surface area contributed by atoms with E-state index in [2.05, 4.69) is 18.8 Å². The molecule has 0 bridgehead atoms. The Balaban J connectivity index is 1.65. The molecule has 4 aromatic rings. The smallest absolute Gasteiger partial charge is 0.264 e. The molecule has 1 amide bonds. The summed E-state index contributed by atoms with van der Waals surface area (Å²) in [5.74, 6) is -2.27. The van der Waals surface area contributed by atoms with Crippen LogP contribution in [0.1, 0.15) is 28.9 Å². The Morgan fingerprint density at radius 1 is 1.09 bits per heavy atom. The Bertz CT molecular complexity index is 1480. The van der Waals surface area contributed by atoms with Crippen LogP contribution in [0.5, 0.6) is 0 Å². The summed E-state index contributed by atoms with van der Waals surface area (Å²) in [5.41, 5.74) is 0.576. The maximum absolute atomic E-state index is 14.1. The van der Waals surface area contributed by atoms with Gasteiger partial charge in [0.25, 0.3) is 15.9 Å². The number of benzene rings is 3. The van der Waals surface area contributed by atoms with E-state index in [9.17, 15) is 22.0 Å². The second-order valence-electron chi connectivity index (χ2n) is 7.04. The second-order valence-corrected chi connectivity index (χ2v) is 9.66. The van der Waals surface area contributed by atoms with Crippen LogP contribution < -0.4 is 10.0 Å². The Hall–Kier alpha value is -3.15. The maximum atomic E-state index is 14.1. The van der Waals surface area contributed by atoms with Crippen molar-refractivity contribution in [2.75, 3.05) is 4.72 Å². The Labute approximate surface area is 196 Å². The number of nitrogens with zero attached hydrogens (tertiary/aromatic N) is 2. The highest BCUT2D eigenvalue weighted by molar-refractivity contribution is 7.93. The van der Waals surface area contributed by atoms with Gasteiger partial charge in [-0.25, -0.2) is 17.2 Å². The number of fused-ring (bicyclic) bond motifs is 1. The van der Waals surface area contributed by atoms with E-state index in [4.69, 9.17) is 11.6 Å². The van der Waals surface area contributed by atoms with Crippen LogP contribution in [0.25, 0.3) is 11.0 Å². The Kier molecular flexibility index (Phi) is 6.28. The molecule has 0 saturated heterocycles. The summed E-state index contributed by atoms with van der Waals surface area (Å²) >= 11 is 6.91. The van der Waals surface area contributed by atoms with E-state index in [1.54, 1.807) is 6.07 Å². The number of aromatic nitrogens is 2. The van der Waals surface area contributed by atoms with Gasteiger partial charge in [-0.05, 0) is 43.3 Å². The summed E-state index contributed by atoms with van der Waals surface area (Å²) in [6, 6.07) is 10.8. The van der Waals surface area contributed by atoms with Gasteiger partial charge < -0.3 is 5.32 Å². The predicted octanol–water partition coefficient (Wildman–Crippen LogP) is 4.91. The first kappa shape index (κ1) is 23.0. The van der Waals surface area contributed by atoms with Gasteiger partial charge in [0, 0.05) is 16.7 Å². The monoisotopic (exact) mass is 508 g/mol. The van der Waals surface area contributed by atoms with Gasteiger partial charge in [0.15, 0.2) is 0 Å². The maximum Gasteiger partial charge on any atom is 0.264 e. The molecule has 0 fully saturated rings. The third kappa shape index (κ3) is 4.80. The molecule has 170 valence electrons. The molecule has 0 aliphatic heterocycles. The van der Waals surface area contributed by atoms with E-state index >= 15 is 0 Å². The van der Waals surface area contributed by atoms with Gasteiger partial charge in [-0.1, -0.05) is 23.7 Å². The average Bonchev–Trinajstić information content (AvgIpc) is 3.23. The van der Waals surface area contributed by atoms with Crippen LogP contribution in [-0.4, -0.2) is 23.1 Å². The molecule has 0 radical (unpaired) electrons. The normalized spacial score (nSPS) is 12.5. The van der Waals surface area contributed by atoms with Crippen molar-refractivity contribution < 1.29 is 22.0 Å². The number of rotatable bonds is 6. The molecule has 3 aromatic carbocycles. The van der Waals surface area contributed by atoms with Gasteiger partial charge in [-0.15, -0.1) is 0 Å². The number of carbonyl (C=O) groups excluding carboxylic acids is 1. The molecule has 1 unspecified atom stereocenters. The van der Waals surface area contributed by atoms with Crippen LogP contribution in [0, 0.1) is 11.6 Å². The lowest BCUT2D eigenvalue weighted by Crippen LogP contribution is -2.28. The summed E-state index contributed by atoms with van der Waals surface area (Å²) in [4.78, 5) is 12.9. The van der Waals surface area contributed by atoms with Crippen molar-refractivity contribution in [2.24, 2.45) is 0 Å². The van der Waals surface area contributed by atoms with Gasteiger partial charge >= 0.3 is 0 Å². The molecule has 0 aliphatic carbocycles. The largest absolute Gasteiger partial charge is 0.345 e. The topological polar surface area (TPSA) is 101 Å². The Morgan fingerprint density at radius 2 is 1.88 bits per heavy atom. The van der Waals surface area contributed by atoms with E-state index < -0.39 is 33.6 Å². The van der Waals surface area contributed by atoms with Crippen molar-refractivity contribution >= 4 is 56.0 Å². The molecular weight excluding hydrogens is 494 g/mol. The molecule has 33 heavy (non-hydrogen) atoms. The molecule has 0 aliphatic rings. The summed E-state index contributed by atoms with van der Waals surface area (Å²) in [6.45, 7) is 1.51. The van der Waals surface area contributed by atoms with E-state index in [0.717, 1.165) is 17.8 Å². The standard InChI is InChI=1S/C21H15ClF2N4O3S2/c1-11(14-7-6-13(23)10-16(14)24)25-21(29)15-9-12(22)5-8-17(15)28-33(30,31)19-4-2-3-18-20(19)27-32-26-18/h2-11,28H,1H3,(H,25,29). The number of sulfonamides is 1. The first-order valence-electron chi connectivity index (χ1n) is 9.45. The fourth-order valence-corrected chi connectivity index (χ4v) is 5.22. The van der Waals surface area contributed by atoms with E-state index in [1.807, 2.05) is 0 Å². The lowest BCUT2D eigenvalue weighted by molar-refractivity contribution is 0.0940. The third-order valence-electron chi connectivity index (χ3n) is 4.79. The summed E-state index contributed by atoms with van der Waals surface area (Å²) in [7, 11) is -4.14. The summed E-state index contributed by atoms with van der Waals surface area (Å²) in [6.07, 6.45) is 0. The lowest BCUT2D eigenvalue weighted by atomic mass is 10.1. The highest BCUT2D eigenvalue weighted by Gasteiger charge is 2.24. The van der Waals surface area contributed by atoms with Crippen molar-refractivity contribution in [3.8, 4) is 0 Å². The van der Waals surface area contributed by atoms with Gasteiger partial charge in [-0.3, -0.25) is 9.52 Å². The van der Waals surface area contributed by atoms with Crippen LogP contribution in [0.2, 0.25) is 5.02 Å². The van der Waals surface area contributed by atoms with Crippen molar-refractivity contribution in [3.05, 3.63) is 82.4 Å². The minimum atomic E-state index is -4.14. The number of hydrogen-bond acceptors (Lipinski definition) is 6. The Morgan fingerprint density at radius 3 is 2.64 bits per heavy atom.